The molecule has 6 rings (SSSR count). The molecule has 1 saturated heterocycles. The van der Waals surface area contributed by atoms with Crippen molar-refractivity contribution < 1.29 is 24.2 Å². The summed E-state index contributed by atoms with van der Waals surface area (Å²) in [6.07, 6.45) is 1.61. The van der Waals surface area contributed by atoms with E-state index in [0.29, 0.717) is 28.4 Å². The lowest BCUT2D eigenvalue weighted by molar-refractivity contribution is -0.132. The number of hydrogen-bond donors (Lipinski definition) is 1. The average molecular weight is 527 g/mol. The molecule has 192 valence electrons. The summed E-state index contributed by atoms with van der Waals surface area (Å²) >= 11 is 1.30. The number of Topliss-reactive ketones (excluding diaryl/α,β-unsaturated/α-hetero) is 1. The Morgan fingerprint density at radius 3 is 2.66 bits per heavy atom. The fraction of sp³-hybridized carbons (Fsp3) is 0.233. The number of anilines is 1. The summed E-state index contributed by atoms with van der Waals surface area (Å²) in [6, 6.07) is 17.8. The largest absolute Gasteiger partial charge is 0.507 e. The van der Waals surface area contributed by atoms with Gasteiger partial charge in [0.1, 0.15) is 23.4 Å². The number of aromatic nitrogens is 1. The number of aliphatic hydroxyl groups excluding tert-OH is 1. The highest BCUT2D eigenvalue weighted by atomic mass is 32.1. The molecule has 3 aromatic carbocycles. The Labute approximate surface area is 224 Å². The summed E-state index contributed by atoms with van der Waals surface area (Å²) in [5.41, 5.74) is 4.02. The second-order valence-corrected chi connectivity index (χ2v) is 10.6. The van der Waals surface area contributed by atoms with Crippen molar-refractivity contribution in [3.63, 3.8) is 0 Å². The maximum Gasteiger partial charge on any atom is 0.301 e. The van der Waals surface area contributed by atoms with E-state index in [-0.39, 0.29) is 17.4 Å². The number of aryl methyl sites for hydroxylation is 1. The highest BCUT2D eigenvalue weighted by molar-refractivity contribution is 7.22. The van der Waals surface area contributed by atoms with Crippen LogP contribution in [0.2, 0.25) is 0 Å². The van der Waals surface area contributed by atoms with E-state index < -0.39 is 17.7 Å². The molecule has 0 aliphatic carbocycles. The maximum atomic E-state index is 13.5. The van der Waals surface area contributed by atoms with Gasteiger partial charge in [-0.1, -0.05) is 42.5 Å². The van der Waals surface area contributed by atoms with Gasteiger partial charge in [0.25, 0.3) is 5.78 Å². The number of thiazole rings is 1. The normalized spacial score (nSPS) is 20.1. The minimum atomic E-state index is -0.827. The van der Waals surface area contributed by atoms with Crippen LogP contribution in [0.15, 0.2) is 66.2 Å². The molecule has 1 N–H and O–H groups in total. The number of rotatable bonds is 5. The molecule has 1 fully saturated rings. The average Bonchev–Trinajstić information content (AvgIpc) is 3.60. The third kappa shape index (κ3) is 3.92. The summed E-state index contributed by atoms with van der Waals surface area (Å²) in [4.78, 5) is 33.2. The third-order valence-electron chi connectivity index (χ3n) is 7.11. The molecule has 4 aromatic rings. The van der Waals surface area contributed by atoms with Crippen LogP contribution in [0, 0.1) is 0 Å². The van der Waals surface area contributed by atoms with Crippen molar-refractivity contribution in [1.29, 1.82) is 0 Å². The molecule has 0 spiro atoms. The number of carbonyl (C=O) groups is 2. The van der Waals surface area contributed by atoms with E-state index in [4.69, 9.17) is 9.47 Å². The number of amides is 1. The second-order valence-electron chi connectivity index (χ2n) is 9.55. The lowest BCUT2D eigenvalue weighted by atomic mass is 9.94. The molecule has 8 heteroatoms. The van der Waals surface area contributed by atoms with Gasteiger partial charge in [-0.2, -0.15) is 0 Å². The van der Waals surface area contributed by atoms with Crippen LogP contribution in [-0.4, -0.2) is 35.0 Å². The van der Waals surface area contributed by atoms with Crippen LogP contribution >= 0.6 is 11.3 Å². The maximum absolute atomic E-state index is 13.5. The van der Waals surface area contributed by atoms with Crippen molar-refractivity contribution in [3.8, 4) is 11.5 Å². The topological polar surface area (TPSA) is 89.0 Å². The Morgan fingerprint density at radius 1 is 1.13 bits per heavy atom. The van der Waals surface area contributed by atoms with Crippen molar-refractivity contribution in [1.82, 2.24) is 4.98 Å². The van der Waals surface area contributed by atoms with Crippen LogP contribution in [0.4, 0.5) is 5.13 Å². The van der Waals surface area contributed by atoms with E-state index in [0.717, 1.165) is 33.6 Å². The molecular weight excluding hydrogens is 500 g/mol. The SMILES string of the molecule is CCc1ccc([C@@H]2/C(=C(\O)c3ccc4c(c3)C[C@@H](C)O4)C(=O)C(=O)N2c2nc3ccc(OC)cc3s2)cc1. The number of methoxy groups -OCH3 is 1. The van der Waals surface area contributed by atoms with Gasteiger partial charge >= 0.3 is 5.91 Å². The zero-order valence-corrected chi connectivity index (χ0v) is 22.0. The zero-order chi connectivity index (χ0) is 26.6. The van der Waals surface area contributed by atoms with Gasteiger partial charge in [0.2, 0.25) is 0 Å². The number of fused-ring (bicyclic) bond motifs is 2. The smallest absolute Gasteiger partial charge is 0.301 e. The van der Waals surface area contributed by atoms with Crippen molar-refractivity contribution >= 4 is 44.1 Å². The lowest BCUT2D eigenvalue weighted by Gasteiger charge is -2.23. The first kappa shape index (κ1) is 24.2. The fourth-order valence-corrected chi connectivity index (χ4v) is 6.15. The Kier molecular flexibility index (Phi) is 5.91. The van der Waals surface area contributed by atoms with E-state index in [2.05, 4.69) is 11.9 Å². The van der Waals surface area contributed by atoms with E-state index >= 15 is 0 Å². The molecule has 1 amide bonds. The predicted molar refractivity (Wildman–Crippen MR) is 147 cm³/mol. The number of aliphatic hydroxyl groups is 1. The lowest BCUT2D eigenvalue weighted by Crippen LogP contribution is -2.29. The van der Waals surface area contributed by atoms with Crippen molar-refractivity contribution in [2.24, 2.45) is 0 Å². The number of ether oxygens (including phenoxy) is 2. The molecule has 2 aliphatic heterocycles. The molecule has 0 bridgehead atoms. The van der Waals surface area contributed by atoms with E-state index in [1.807, 2.05) is 49.4 Å². The molecule has 7 nitrogen and oxygen atoms in total. The Bertz CT molecular complexity index is 1620. The first-order valence-corrected chi connectivity index (χ1v) is 13.3. The second kappa shape index (κ2) is 9.29. The minimum absolute atomic E-state index is 0.0442. The van der Waals surface area contributed by atoms with Gasteiger partial charge in [-0.05, 0) is 66.4 Å². The van der Waals surface area contributed by atoms with Crippen molar-refractivity contribution in [3.05, 3.63) is 88.5 Å². The van der Waals surface area contributed by atoms with Gasteiger partial charge in [0.05, 0.1) is 28.9 Å². The molecule has 0 unspecified atom stereocenters. The van der Waals surface area contributed by atoms with Crippen LogP contribution in [0.25, 0.3) is 16.0 Å². The first-order valence-electron chi connectivity index (χ1n) is 12.5. The molecule has 38 heavy (non-hydrogen) atoms. The van der Waals surface area contributed by atoms with E-state index in [1.165, 1.54) is 16.2 Å². The van der Waals surface area contributed by atoms with Crippen molar-refractivity contribution in [2.75, 3.05) is 12.0 Å². The summed E-state index contributed by atoms with van der Waals surface area (Å²) in [7, 11) is 1.59. The van der Waals surface area contributed by atoms with Crippen LogP contribution in [-0.2, 0) is 22.4 Å². The molecule has 0 saturated carbocycles. The Morgan fingerprint density at radius 2 is 1.92 bits per heavy atom. The molecule has 0 radical (unpaired) electrons. The van der Waals surface area contributed by atoms with Gasteiger partial charge in [-0.15, -0.1) is 0 Å². The predicted octanol–water partition coefficient (Wildman–Crippen LogP) is 5.82. The molecule has 2 aliphatic rings. The highest BCUT2D eigenvalue weighted by Crippen LogP contribution is 2.45. The van der Waals surface area contributed by atoms with Crippen LogP contribution < -0.4 is 14.4 Å². The number of hydrogen-bond acceptors (Lipinski definition) is 7. The number of benzene rings is 3. The van der Waals surface area contributed by atoms with Crippen LogP contribution in [0.5, 0.6) is 11.5 Å². The van der Waals surface area contributed by atoms with E-state index in [9.17, 15) is 14.7 Å². The van der Waals surface area contributed by atoms with Crippen molar-refractivity contribution in [2.45, 2.75) is 38.8 Å². The molecular formula is C30H26N2O5S. The molecule has 1 aromatic heterocycles. The first-order chi connectivity index (χ1) is 18.4. The van der Waals surface area contributed by atoms with Crippen LogP contribution in [0.3, 0.4) is 0 Å². The summed E-state index contributed by atoms with van der Waals surface area (Å²) in [5.74, 6) is -0.225. The van der Waals surface area contributed by atoms with Gasteiger partial charge in [-0.3, -0.25) is 14.5 Å². The van der Waals surface area contributed by atoms with Crippen LogP contribution in [0.1, 0.15) is 42.1 Å². The van der Waals surface area contributed by atoms with Gasteiger partial charge in [0.15, 0.2) is 5.13 Å². The van der Waals surface area contributed by atoms with E-state index in [1.54, 1.807) is 25.3 Å². The standard InChI is InChI=1S/C30H26N2O5S/c1-4-17-5-7-18(8-6-17)26-25(27(33)19-9-12-23-20(14-19)13-16(2)37-23)28(34)29(35)32(26)30-31-22-11-10-21(36-3)15-24(22)38-30/h5-12,14-16,26,33H,4,13H2,1-3H3/b27-25+/t16-,26-/m1/s1. The summed E-state index contributed by atoms with van der Waals surface area (Å²) < 4.78 is 12.0. The quantitative estimate of drug-likeness (QED) is 0.200. The molecule has 3 heterocycles. The van der Waals surface area contributed by atoms with Gasteiger partial charge < -0.3 is 14.6 Å². The van der Waals surface area contributed by atoms with Gasteiger partial charge in [-0.25, -0.2) is 4.98 Å². The minimum Gasteiger partial charge on any atom is -0.507 e. The highest BCUT2D eigenvalue weighted by Gasteiger charge is 2.48. The fourth-order valence-electron chi connectivity index (χ4n) is 5.13. The number of ketones is 1. The third-order valence-corrected chi connectivity index (χ3v) is 8.13. The Balaban J connectivity index is 1.52. The summed E-state index contributed by atoms with van der Waals surface area (Å²) in [5, 5.41) is 11.9. The monoisotopic (exact) mass is 526 g/mol. The van der Waals surface area contributed by atoms with Gasteiger partial charge in [0, 0.05) is 12.0 Å². The number of carbonyl (C=O) groups excluding carboxylic acids is 2. The zero-order valence-electron chi connectivity index (χ0n) is 21.2. The number of nitrogens with zero attached hydrogens (tertiary/aromatic N) is 2. The molecule has 2 atom stereocenters. The summed E-state index contributed by atoms with van der Waals surface area (Å²) in [6.45, 7) is 4.05. The Hall–Kier alpha value is -4.17.